The Balaban J connectivity index is 0.00000552. The molecule has 0 saturated heterocycles. The zero-order chi connectivity index (χ0) is 31.7. The number of hydrogen-bond acceptors (Lipinski definition) is 7. The van der Waals surface area contributed by atoms with Gasteiger partial charge in [-0.25, -0.2) is 8.42 Å². The van der Waals surface area contributed by atoms with Crippen molar-refractivity contribution in [1.82, 2.24) is 15.2 Å². The first kappa shape index (κ1) is 37.2. The van der Waals surface area contributed by atoms with E-state index in [0.29, 0.717) is 57.3 Å². The van der Waals surface area contributed by atoms with Crippen molar-refractivity contribution in [2.24, 2.45) is 5.92 Å². The molecule has 0 unspecified atom stereocenters. The minimum absolute atomic E-state index is 0. The summed E-state index contributed by atoms with van der Waals surface area (Å²) in [4.78, 5) is 41.5. The number of likely N-dealkylation sites (N-methyl/N-ethyl adjacent to an activating group) is 1. The van der Waals surface area contributed by atoms with Gasteiger partial charge in [0, 0.05) is 36.5 Å². The van der Waals surface area contributed by atoms with E-state index >= 15 is 0 Å². The van der Waals surface area contributed by atoms with E-state index in [9.17, 15) is 27.4 Å². The number of carbonyl (C=O) groups excluding carboxylic acids is 3. The molecule has 0 radical (unpaired) electrons. The van der Waals surface area contributed by atoms with Crippen molar-refractivity contribution in [3.63, 3.8) is 0 Å². The van der Waals surface area contributed by atoms with Gasteiger partial charge in [0.25, 0.3) is 5.91 Å². The first-order chi connectivity index (χ1) is 21.1. The molecule has 1 aliphatic rings. The molecule has 2 N–H and O–H groups in total. The van der Waals surface area contributed by atoms with Gasteiger partial charge in [0.1, 0.15) is 12.2 Å². The van der Waals surface area contributed by atoms with Gasteiger partial charge in [0.2, 0.25) is 11.8 Å². The fourth-order valence-corrected chi connectivity index (χ4v) is 7.26. The average Bonchev–Trinajstić information content (AvgIpc) is 3.59. The van der Waals surface area contributed by atoms with Gasteiger partial charge in [-0.1, -0.05) is 31.9 Å². The van der Waals surface area contributed by atoms with Gasteiger partial charge in [-0.2, -0.15) is 0 Å². The molecular formula is C32H43N4NaO6S2. The summed E-state index contributed by atoms with van der Waals surface area (Å²) in [5, 5.41) is 8.08. The van der Waals surface area contributed by atoms with E-state index in [2.05, 4.69) is 17.6 Å². The van der Waals surface area contributed by atoms with Crippen molar-refractivity contribution in [3.05, 3.63) is 53.0 Å². The van der Waals surface area contributed by atoms with Crippen LogP contribution >= 0.6 is 11.3 Å². The van der Waals surface area contributed by atoms with Crippen LogP contribution in [0, 0.1) is 5.92 Å². The summed E-state index contributed by atoms with van der Waals surface area (Å²) in [6.45, 7) is 5.13. The van der Waals surface area contributed by atoms with Gasteiger partial charge in [-0.05, 0) is 87.1 Å². The van der Waals surface area contributed by atoms with Crippen molar-refractivity contribution >= 4 is 55.1 Å². The van der Waals surface area contributed by atoms with Crippen LogP contribution in [-0.2, 0) is 32.7 Å². The SMILES string of the molecule is CCc1cccc(N(CC)C(=O)Cn2c(C(=O)N[C@H]3CC[C@H](C(=O)NCCCCCCS(=O)(=O)[O-])CC3)cc3sccc32)c1.[Na+]. The Kier molecular flexibility index (Phi) is 14.6. The number of thiophene rings is 1. The second kappa shape index (κ2) is 17.6. The van der Waals surface area contributed by atoms with Gasteiger partial charge in [0.05, 0.1) is 20.3 Å². The summed E-state index contributed by atoms with van der Waals surface area (Å²) < 4.78 is 34.8. The van der Waals surface area contributed by atoms with E-state index < -0.39 is 10.1 Å². The summed E-state index contributed by atoms with van der Waals surface area (Å²) >= 11 is 1.54. The molecule has 3 aromatic rings. The zero-order valence-corrected chi connectivity index (χ0v) is 30.2. The molecule has 240 valence electrons. The number of rotatable bonds is 15. The molecule has 45 heavy (non-hydrogen) atoms. The van der Waals surface area contributed by atoms with Crippen molar-refractivity contribution < 1.29 is 56.9 Å². The van der Waals surface area contributed by atoms with Crippen LogP contribution in [-0.4, -0.2) is 60.1 Å². The number of aromatic nitrogens is 1. The maximum absolute atomic E-state index is 13.6. The molecule has 2 heterocycles. The predicted octanol–water partition coefficient (Wildman–Crippen LogP) is 1.83. The van der Waals surface area contributed by atoms with Crippen LogP contribution in [0.25, 0.3) is 10.2 Å². The number of unbranched alkanes of at least 4 members (excludes halogenated alkanes) is 3. The summed E-state index contributed by atoms with van der Waals surface area (Å²) in [5.41, 5.74) is 3.34. The molecule has 0 bridgehead atoms. The maximum atomic E-state index is 13.6. The van der Waals surface area contributed by atoms with Crippen LogP contribution in [0.5, 0.6) is 0 Å². The van der Waals surface area contributed by atoms with Crippen molar-refractivity contribution in [3.8, 4) is 0 Å². The van der Waals surface area contributed by atoms with Gasteiger partial charge >= 0.3 is 29.6 Å². The minimum atomic E-state index is -4.16. The molecular weight excluding hydrogens is 623 g/mol. The van der Waals surface area contributed by atoms with Crippen LogP contribution < -0.4 is 45.1 Å². The Hall–Kier alpha value is -2.22. The standard InChI is InChI=1S/C32H44N4O6S2.Na/c1-3-23-10-9-11-26(20-23)35(4-2)30(37)22-36-27-16-18-43-29(27)21-28(36)32(39)34-25-14-12-24(13-15-25)31(38)33-17-7-5-6-8-19-44(40,41)42;/h9-11,16,18,20-21,24-25H,3-8,12-15,17,19,22H2,1-2H3,(H,33,38)(H,34,39)(H,40,41,42);/q;+1/p-1/t24-,25-;. The van der Waals surface area contributed by atoms with Gasteiger partial charge < -0.3 is 24.7 Å². The van der Waals surface area contributed by atoms with Crippen LogP contribution in [0.3, 0.4) is 0 Å². The Morgan fingerprint density at radius 1 is 1.02 bits per heavy atom. The maximum Gasteiger partial charge on any atom is 1.00 e. The third-order valence-corrected chi connectivity index (χ3v) is 9.99. The van der Waals surface area contributed by atoms with Crippen LogP contribution in [0.1, 0.15) is 81.3 Å². The van der Waals surface area contributed by atoms with E-state index in [4.69, 9.17) is 0 Å². The molecule has 3 amide bonds. The summed E-state index contributed by atoms with van der Waals surface area (Å²) in [5.74, 6) is -0.732. The predicted molar refractivity (Wildman–Crippen MR) is 173 cm³/mol. The minimum Gasteiger partial charge on any atom is -0.748 e. The van der Waals surface area contributed by atoms with E-state index in [-0.39, 0.29) is 71.5 Å². The van der Waals surface area contributed by atoms with Crippen LogP contribution in [0.2, 0.25) is 0 Å². The third-order valence-electron chi connectivity index (χ3n) is 8.35. The Morgan fingerprint density at radius 3 is 2.44 bits per heavy atom. The van der Waals surface area contributed by atoms with Gasteiger partial charge in [0.15, 0.2) is 0 Å². The second-order valence-corrected chi connectivity index (χ2v) is 13.9. The zero-order valence-electron chi connectivity index (χ0n) is 26.5. The largest absolute Gasteiger partial charge is 1.00 e. The molecule has 1 aromatic carbocycles. The fraction of sp³-hybridized carbons (Fsp3) is 0.531. The number of anilines is 1. The topological polar surface area (TPSA) is 141 Å². The average molecular weight is 667 g/mol. The number of nitrogens with one attached hydrogen (secondary N) is 2. The number of benzene rings is 1. The summed E-state index contributed by atoms with van der Waals surface area (Å²) in [6.07, 6.45) is 6.09. The monoisotopic (exact) mass is 666 g/mol. The summed E-state index contributed by atoms with van der Waals surface area (Å²) in [6, 6.07) is 11.7. The number of amides is 3. The van der Waals surface area contributed by atoms with Crippen LogP contribution in [0.15, 0.2) is 41.8 Å². The number of hydrogen-bond donors (Lipinski definition) is 2. The third kappa shape index (κ3) is 10.7. The van der Waals surface area contributed by atoms with E-state index in [1.54, 1.807) is 4.90 Å². The molecule has 0 atom stereocenters. The van der Waals surface area contributed by atoms with Crippen LogP contribution in [0.4, 0.5) is 5.69 Å². The fourth-order valence-electron chi connectivity index (χ4n) is 5.88. The first-order valence-corrected chi connectivity index (χ1v) is 18.0. The van der Waals surface area contributed by atoms with Crippen molar-refractivity contribution in [2.75, 3.05) is 23.7 Å². The Labute approximate surface area is 292 Å². The molecule has 1 saturated carbocycles. The van der Waals surface area contributed by atoms with Crippen molar-refractivity contribution in [2.45, 2.75) is 84.2 Å². The quantitative estimate of drug-likeness (QED) is 0.144. The molecule has 0 spiro atoms. The Bertz CT molecular complexity index is 1550. The van der Waals surface area contributed by atoms with E-state index in [1.165, 1.54) is 11.3 Å². The number of fused-ring (bicyclic) bond motifs is 1. The molecule has 10 nitrogen and oxygen atoms in total. The Morgan fingerprint density at radius 2 is 1.76 bits per heavy atom. The molecule has 1 aliphatic carbocycles. The smallest absolute Gasteiger partial charge is 0.748 e. The van der Waals surface area contributed by atoms with Gasteiger partial charge in [-0.3, -0.25) is 14.4 Å². The second-order valence-electron chi connectivity index (χ2n) is 11.4. The number of aryl methyl sites for hydroxylation is 1. The van der Waals surface area contributed by atoms with E-state index in [0.717, 1.165) is 40.7 Å². The van der Waals surface area contributed by atoms with Crippen molar-refractivity contribution in [1.29, 1.82) is 0 Å². The molecule has 0 aliphatic heterocycles. The molecule has 4 rings (SSSR count). The molecule has 13 heteroatoms. The summed E-state index contributed by atoms with van der Waals surface area (Å²) in [7, 11) is -4.16. The first-order valence-electron chi connectivity index (χ1n) is 15.6. The van der Waals surface area contributed by atoms with E-state index in [1.807, 2.05) is 53.3 Å². The number of nitrogens with zero attached hydrogens (tertiary/aromatic N) is 2. The van der Waals surface area contributed by atoms with Gasteiger partial charge in [-0.15, -0.1) is 11.3 Å². The number of carbonyl (C=O) groups is 3. The normalized spacial score (nSPS) is 16.6. The molecule has 2 aromatic heterocycles. The molecule has 1 fully saturated rings.